The van der Waals surface area contributed by atoms with Crippen LogP contribution in [0.4, 0.5) is 10.6 Å². The maximum absolute atomic E-state index is 12.9. The third kappa shape index (κ3) is 4.50. The zero-order valence-electron chi connectivity index (χ0n) is 17.2. The second-order valence-corrected chi connectivity index (χ2v) is 9.22. The van der Waals surface area contributed by atoms with E-state index < -0.39 is 12.1 Å². The molecule has 0 spiro atoms. The van der Waals surface area contributed by atoms with Gasteiger partial charge in [0.05, 0.1) is 18.2 Å². The zero-order chi connectivity index (χ0) is 22.1. The van der Waals surface area contributed by atoms with E-state index in [1.807, 2.05) is 12.3 Å². The molecule has 0 bridgehead atoms. The molecule has 1 saturated carbocycles. The van der Waals surface area contributed by atoms with Crippen molar-refractivity contribution in [3.63, 3.8) is 0 Å². The number of rotatable bonds is 4. The van der Waals surface area contributed by atoms with Gasteiger partial charge in [0.15, 0.2) is 5.78 Å². The van der Waals surface area contributed by atoms with Crippen molar-refractivity contribution in [2.24, 2.45) is 0 Å². The van der Waals surface area contributed by atoms with E-state index in [-0.39, 0.29) is 18.2 Å². The number of carbonyl (C=O) groups is 3. The summed E-state index contributed by atoms with van der Waals surface area (Å²) >= 11 is 7.43. The van der Waals surface area contributed by atoms with Gasteiger partial charge in [-0.05, 0) is 43.4 Å². The van der Waals surface area contributed by atoms with E-state index in [1.54, 1.807) is 17.0 Å². The van der Waals surface area contributed by atoms with Crippen LogP contribution in [0.5, 0.6) is 0 Å². The number of urea groups is 1. The molecule has 1 aliphatic heterocycles. The van der Waals surface area contributed by atoms with Gasteiger partial charge < -0.3 is 10.2 Å². The van der Waals surface area contributed by atoms with E-state index in [4.69, 9.17) is 11.6 Å². The number of anilines is 1. The molecule has 0 radical (unpaired) electrons. The number of pyridine rings is 1. The minimum atomic E-state index is -0.409. The number of nitrogens with zero attached hydrogens (tertiary/aromatic N) is 2. The number of halogens is 1. The summed E-state index contributed by atoms with van der Waals surface area (Å²) in [5.74, 6) is 0.318. The molecular formula is C22H23ClN4O3S. The first-order valence-electron chi connectivity index (χ1n) is 10.1. The molecule has 1 fully saturated rings. The summed E-state index contributed by atoms with van der Waals surface area (Å²) in [6.07, 6.45) is 2.70. The fourth-order valence-corrected chi connectivity index (χ4v) is 5.09. The number of thiophene rings is 1. The molecule has 2 aliphatic rings. The molecule has 1 aliphatic carbocycles. The molecule has 7 nitrogen and oxygen atoms in total. The third-order valence-electron chi connectivity index (χ3n) is 5.67. The van der Waals surface area contributed by atoms with E-state index in [0.29, 0.717) is 35.9 Å². The number of aromatic nitrogens is 1. The molecule has 3 amide bonds. The van der Waals surface area contributed by atoms with Crippen LogP contribution in [0.25, 0.3) is 0 Å². The van der Waals surface area contributed by atoms with Crippen LogP contribution in [0.2, 0.25) is 5.15 Å². The Hall–Kier alpha value is -2.71. The lowest BCUT2D eigenvalue weighted by Crippen LogP contribution is -2.40. The van der Waals surface area contributed by atoms with Gasteiger partial charge in [0.2, 0.25) is 0 Å². The number of ketones is 1. The molecule has 0 aromatic carbocycles. The molecule has 2 aromatic heterocycles. The Morgan fingerprint density at radius 3 is 2.97 bits per heavy atom. The van der Waals surface area contributed by atoms with Crippen molar-refractivity contribution in [2.75, 3.05) is 5.32 Å². The quantitative estimate of drug-likeness (QED) is 0.402. The molecular weight excluding hydrogens is 436 g/mol. The lowest BCUT2D eigenvalue weighted by atomic mass is 10.1. The molecule has 31 heavy (non-hydrogen) atoms. The van der Waals surface area contributed by atoms with Gasteiger partial charge in [-0.25, -0.2) is 9.78 Å². The molecule has 9 heteroatoms. The lowest BCUT2D eigenvalue weighted by molar-refractivity contribution is -0.122. The highest BCUT2D eigenvalue weighted by molar-refractivity contribution is 7.10. The fraction of sp³-hybridized carbons (Fsp3) is 0.364. The van der Waals surface area contributed by atoms with Gasteiger partial charge in [-0.1, -0.05) is 29.8 Å². The van der Waals surface area contributed by atoms with Crippen LogP contribution in [-0.2, 0) is 17.9 Å². The number of aryl methyl sites for hydroxylation is 1. The van der Waals surface area contributed by atoms with Crippen LogP contribution in [0, 0.1) is 6.92 Å². The van der Waals surface area contributed by atoms with Crippen LogP contribution in [-0.4, -0.2) is 33.6 Å². The van der Waals surface area contributed by atoms with Crippen molar-refractivity contribution in [2.45, 2.75) is 51.7 Å². The zero-order valence-corrected chi connectivity index (χ0v) is 18.7. The first-order valence-corrected chi connectivity index (χ1v) is 11.4. The SMILES string of the molecule is C=C1CCC[C@H](N2Cc3c(csc3CNC(=O)Nc3ccc(C)c(Cl)n3)C2=O)C(=O)C1. The Kier molecular flexibility index (Phi) is 6.11. The Balaban J connectivity index is 1.40. The number of Topliss-reactive ketones (excluding diaryl/α,β-unsaturated/α-hetero) is 1. The number of hydrogen-bond acceptors (Lipinski definition) is 5. The van der Waals surface area contributed by atoms with Crippen molar-refractivity contribution >= 4 is 46.5 Å². The molecule has 4 rings (SSSR count). The van der Waals surface area contributed by atoms with E-state index >= 15 is 0 Å². The van der Waals surface area contributed by atoms with E-state index in [1.165, 1.54) is 11.3 Å². The average Bonchev–Trinajstić information content (AvgIpc) is 3.21. The van der Waals surface area contributed by atoms with Gasteiger partial charge in [0.1, 0.15) is 11.0 Å². The number of nitrogens with one attached hydrogen (secondary N) is 2. The topological polar surface area (TPSA) is 91.4 Å². The number of fused-ring (bicyclic) bond motifs is 1. The predicted octanol–water partition coefficient (Wildman–Crippen LogP) is 4.45. The summed E-state index contributed by atoms with van der Waals surface area (Å²) in [4.78, 5) is 44.5. The summed E-state index contributed by atoms with van der Waals surface area (Å²) in [5.41, 5.74) is 3.29. The van der Waals surface area contributed by atoms with Crippen molar-refractivity contribution < 1.29 is 14.4 Å². The van der Waals surface area contributed by atoms with Crippen LogP contribution in [0.1, 0.15) is 52.0 Å². The lowest BCUT2D eigenvalue weighted by Gasteiger charge is -2.25. The van der Waals surface area contributed by atoms with Crippen molar-refractivity contribution in [1.82, 2.24) is 15.2 Å². The van der Waals surface area contributed by atoms with Crippen molar-refractivity contribution in [3.05, 3.63) is 56.4 Å². The third-order valence-corrected chi connectivity index (χ3v) is 7.08. The minimum absolute atomic E-state index is 0.0630. The summed E-state index contributed by atoms with van der Waals surface area (Å²) in [6.45, 7) is 6.46. The molecule has 162 valence electrons. The Morgan fingerprint density at radius 2 is 2.19 bits per heavy atom. The van der Waals surface area contributed by atoms with Gasteiger partial charge in [0, 0.05) is 23.2 Å². The number of hydrogen-bond donors (Lipinski definition) is 2. The summed E-state index contributed by atoms with van der Waals surface area (Å²) in [5, 5.41) is 7.61. The van der Waals surface area contributed by atoms with Gasteiger partial charge in [-0.15, -0.1) is 11.3 Å². The van der Waals surface area contributed by atoms with Gasteiger partial charge >= 0.3 is 6.03 Å². The molecule has 2 N–H and O–H groups in total. The van der Waals surface area contributed by atoms with Gasteiger partial charge in [-0.2, -0.15) is 0 Å². The molecule has 2 aromatic rings. The second-order valence-electron chi connectivity index (χ2n) is 7.90. The summed E-state index contributed by atoms with van der Waals surface area (Å²) in [7, 11) is 0. The molecule has 3 heterocycles. The van der Waals surface area contributed by atoms with Gasteiger partial charge in [0.25, 0.3) is 5.91 Å². The largest absolute Gasteiger partial charge is 0.333 e. The summed E-state index contributed by atoms with van der Waals surface area (Å²) in [6, 6.07) is 2.65. The Morgan fingerprint density at radius 1 is 1.39 bits per heavy atom. The smallest absolute Gasteiger partial charge is 0.320 e. The standard InChI is InChI=1S/C22H23ClN4O3S/c1-12-4-3-5-16(17(28)8-12)27-10-14-15(21(27)29)11-31-18(14)9-24-22(30)26-19-7-6-13(2)20(23)25-19/h6-7,11,16H,1,3-5,8-10H2,2H3,(H2,24,25,26,30)/t16-/m0/s1. The van der Waals surface area contributed by atoms with Crippen LogP contribution < -0.4 is 10.6 Å². The maximum atomic E-state index is 12.9. The van der Waals surface area contributed by atoms with Crippen LogP contribution in [0.3, 0.4) is 0 Å². The highest BCUT2D eigenvalue weighted by Crippen LogP contribution is 2.35. The Bertz CT molecular complexity index is 1080. The van der Waals surface area contributed by atoms with Crippen molar-refractivity contribution in [1.29, 1.82) is 0 Å². The van der Waals surface area contributed by atoms with E-state index in [2.05, 4.69) is 22.2 Å². The number of amides is 3. The van der Waals surface area contributed by atoms with Crippen LogP contribution in [0.15, 0.2) is 29.7 Å². The predicted molar refractivity (Wildman–Crippen MR) is 120 cm³/mol. The minimum Gasteiger partial charge on any atom is -0.333 e. The van der Waals surface area contributed by atoms with E-state index in [9.17, 15) is 14.4 Å². The summed E-state index contributed by atoms with van der Waals surface area (Å²) < 4.78 is 0. The van der Waals surface area contributed by atoms with E-state index in [0.717, 1.165) is 34.4 Å². The Labute approximate surface area is 189 Å². The van der Waals surface area contributed by atoms with Gasteiger partial charge in [-0.3, -0.25) is 14.9 Å². The number of carbonyl (C=O) groups excluding carboxylic acids is 3. The highest BCUT2D eigenvalue weighted by atomic mass is 35.5. The second kappa shape index (κ2) is 8.80. The normalized spacial score (nSPS) is 18.7. The molecule has 0 unspecified atom stereocenters. The maximum Gasteiger partial charge on any atom is 0.320 e. The first kappa shape index (κ1) is 21.5. The van der Waals surface area contributed by atoms with Crippen LogP contribution >= 0.6 is 22.9 Å². The highest BCUT2D eigenvalue weighted by Gasteiger charge is 2.38. The van der Waals surface area contributed by atoms with Crippen molar-refractivity contribution in [3.8, 4) is 0 Å². The fourth-order valence-electron chi connectivity index (χ4n) is 3.96. The molecule has 1 atom stereocenters. The molecule has 0 saturated heterocycles. The number of allylic oxidation sites excluding steroid dienone is 1. The first-order chi connectivity index (χ1) is 14.8. The average molecular weight is 459 g/mol. The monoisotopic (exact) mass is 458 g/mol.